The standard InChI is InChI=1S/C22H25N3O4/c1-14(2)11-12-25-17-8-6-5-7-16(17)20(22(25)27)23-24-21(26)15-9-10-18(28-3)19(13-15)29-4/h5-10,13-14,27H,11-12H2,1-4H3. The molecule has 0 spiro atoms. The number of aromatic hydroxyl groups is 1. The summed E-state index contributed by atoms with van der Waals surface area (Å²) in [6, 6.07) is 12.3. The van der Waals surface area contributed by atoms with Gasteiger partial charge in [0.05, 0.1) is 19.7 Å². The largest absolute Gasteiger partial charge is 0.493 e. The number of fused-ring (bicyclic) bond motifs is 1. The van der Waals surface area contributed by atoms with E-state index in [0.29, 0.717) is 29.5 Å². The Labute approximate surface area is 169 Å². The van der Waals surface area contributed by atoms with Gasteiger partial charge in [0.2, 0.25) is 5.88 Å². The van der Waals surface area contributed by atoms with Crippen molar-refractivity contribution in [2.45, 2.75) is 26.8 Å². The molecule has 0 saturated carbocycles. The van der Waals surface area contributed by atoms with Gasteiger partial charge in [-0.3, -0.25) is 4.79 Å². The first-order valence-electron chi connectivity index (χ1n) is 9.44. The van der Waals surface area contributed by atoms with E-state index in [9.17, 15) is 9.90 Å². The van der Waals surface area contributed by atoms with Crippen LogP contribution in [0, 0.1) is 5.92 Å². The number of aryl methyl sites for hydroxylation is 1. The van der Waals surface area contributed by atoms with Gasteiger partial charge < -0.3 is 19.1 Å². The molecule has 0 aliphatic rings. The topological polar surface area (TPSA) is 85.4 Å². The van der Waals surface area contributed by atoms with E-state index in [4.69, 9.17) is 9.47 Å². The second kappa shape index (κ2) is 8.77. The van der Waals surface area contributed by atoms with E-state index in [-0.39, 0.29) is 11.6 Å². The van der Waals surface area contributed by atoms with Gasteiger partial charge >= 0.3 is 0 Å². The summed E-state index contributed by atoms with van der Waals surface area (Å²) < 4.78 is 12.2. The predicted octanol–water partition coefficient (Wildman–Crippen LogP) is 5.33. The second-order valence-electron chi connectivity index (χ2n) is 7.10. The molecule has 0 atom stereocenters. The van der Waals surface area contributed by atoms with Crippen LogP contribution in [0.5, 0.6) is 17.4 Å². The highest BCUT2D eigenvalue weighted by molar-refractivity contribution is 5.97. The minimum atomic E-state index is -0.538. The highest BCUT2D eigenvalue weighted by Crippen LogP contribution is 2.39. The Morgan fingerprint density at radius 1 is 1.10 bits per heavy atom. The van der Waals surface area contributed by atoms with Crippen molar-refractivity contribution in [2.75, 3.05) is 14.2 Å². The molecule has 29 heavy (non-hydrogen) atoms. The number of ether oxygens (including phenoxy) is 2. The molecule has 3 aromatic rings. The number of azo groups is 1. The summed E-state index contributed by atoms with van der Waals surface area (Å²) in [6.07, 6.45) is 0.910. The molecule has 1 heterocycles. The lowest BCUT2D eigenvalue weighted by Gasteiger charge is -2.08. The zero-order valence-corrected chi connectivity index (χ0v) is 17.0. The molecular formula is C22H25N3O4. The van der Waals surface area contributed by atoms with Crippen molar-refractivity contribution in [1.82, 2.24) is 4.57 Å². The van der Waals surface area contributed by atoms with E-state index in [0.717, 1.165) is 17.3 Å². The van der Waals surface area contributed by atoms with Gasteiger partial charge in [0.25, 0.3) is 5.91 Å². The van der Waals surface area contributed by atoms with Gasteiger partial charge in [-0.1, -0.05) is 32.0 Å². The highest BCUT2D eigenvalue weighted by atomic mass is 16.5. The van der Waals surface area contributed by atoms with Gasteiger partial charge in [-0.05, 0) is 36.6 Å². The van der Waals surface area contributed by atoms with Gasteiger partial charge in [0, 0.05) is 17.5 Å². The summed E-state index contributed by atoms with van der Waals surface area (Å²) in [5.41, 5.74) is 1.46. The van der Waals surface area contributed by atoms with Crippen LogP contribution in [-0.2, 0) is 6.54 Å². The first kappa shape index (κ1) is 20.4. The molecule has 7 heteroatoms. The number of rotatable bonds is 7. The monoisotopic (exact) mass is 395 g/mol. The normalized spacial score (nSPS) is 11.5. The number of aromatic nitrogens is 1. The fraction of sp³-hybridized carbons (Fsp3) is 0.318. The van der Waals surface area contributed by atoms with Crippen LogP contribution in [0.25, 0.3) is 10.9 Å². The molecule has 1 N–H and O–H groups in total. The first-order chi connectivity index (χ1) is 14.0. The molecule has 1 aromatic heterocycles. The van der Waals surface area contributed by atoms with E-state index >= 15 is 0 Å². The molecule has 0 fully saturated rings. The Morgan fingerprint density at radius 3 is 2.52 bits per heavy atom. The van der Waals surface area contributed by atoms with Crippen LogP contribution in [0.2, 0.25) is 0 Å². The maximum absolute atomic E-state index is 12.5. The lowest BCUT2D eigenvalue weighted by molar-refractivity contribution is 0.0994. The number of hydrogen-bond donors (Lipinski definition) is 1. The highest BCUT2D eigenvalue weighted by Gasteiger charge is 2.17. The Hall–Kier alpha value is -3.35. The Morgan fingerprint density at radius 2 is 1.83 bits per heavy atom. The number of carbonyl (C=O) groups excluding carboxylic acids is 1. The first-order valence-corrected chi connectivity index (χ1v) is 9.44. The molecule has 0 unspecified atom stereocenters. The van der Waals surface area contributed by atoms with Crippen LogP contribution in [0.3, 0.4) is 0 Å². The number of nitrogens with zero attached hydrogens (tertiary/aromatic N) is 3. The minimum absolute atomic E-state index is 0.00992. The predicted molar refractivity (Wildman–Crippen MR) is 111 cm³/mol. The molecule has 0 bridgehead atoms. The number of benzene rings is 2. The number of methoxy groups -OCH3 is 2. The van der Waals surface area contributed by atoms with E-state index in [1.165, 1.54) is 14.2 Å². The van der Waals surface area contributed by atoms with E-state index in [1.54, 1.807) is 18.2 Å². The number of carbonyl (C=O) groups is 1. The maximum Gasteiger partial charge on any atom is 0.295 e. The summed E-state index contributed by atoms with van der Waals surface area (Å²) in [4.78, 5) is 12.5. The molecule has 2 aromatic carbocycles. The van der Waals surface area contributed by atoms with Crippen molar-refractivity contribution in [3.8, 4) is 17.4 Å². The summed E-state index contributed by atoms with van der Waals surface area (Å²) in [6.45, 7) is 4.92. The molecule has 3 rings (SSSR count). The number of hydrogen-bond acceptors (Lipinski definition) is 5. The quantitative estimate of drug-likeness (QED) is 0.548. The molecular weight excluding hydrogens is 370 g/mol. The number of para-hydroxylation sites is 1. The van der Waals surface area contributed by atoms with Crippen molar-refractivity contribution in [2.24, 2.45) is 16.1 Å². The summed E-state index contributed by atoms with van der Waals surface area (Å²) >= 11 is 0. The molecule has 0 radical (unpaired) electrons. The molecule has 152 valence electrons. The molecule has 1 amide bonds. The van der Waals surface area contributed by atoms with E-state index in [1.807, 2.05) is 28.8 Å². The maximum atomic E-state index is 12.5. The third kappa shape index (κ3) is 4.23. The average molecular weight is 395 g/mol. The van der Waals surface area contributed by atoms with Crippen LogP contribution < -0.4 is 9.47 Å². The molecule has 7 nitrogen and oxygen atoms in total. The van der Waals surface area contributed by atoms with Crippen LogP contribution in [0.15, 0.2) is 52.7 Å². The van der Waals surface area contributed by atoms with Crippen LogP contribution in [0.4, 0.5) is 5.69 Å². The van der Waals surface area contributed by atoms with E-state index in [2.05, 4.69) is 24.1 Å². The van der Waals surface area contributed by atoms with E-state index < -0.39 is 5.91 Å². The summed E-state index contributed by atoms with van der Waals surface area (Å²) in [5, 5.41) is 19.4. The average Bonchev–Trinajstić information content (AvgIpc) is 3.00. The van der Waals surface area contributed by atoms with Crippen LogP contribution >= 0.6 is 0 Å². The van der Waals surface area contributed by atoms with Crippen molar-refractivity contribution in [3.05, 3.63) is 48.0 Å². The summed E-state index contributed by atoms with van der Waals surface area (Å²) in [5.74, 6) is 0.917. The SMILES string of the molecule is COc1ccc(C(=O)N=Nc2c(O)n(CCC(C)C)c3ccccc23)cc1OC. The minimum Gasteiger partial charge on any atom is -0.493 e. The van der Waals surface area contributed by atoms with Gasteiger partial charge in [0.15, 0.2) is 17.2 Å². The van der Waals surface area contributed by atoms with Gasteiger partial charge in [0.1, 0.15) is 0 Å². The zero-order valence-electron chi connectivity index (χ0n) is 17.0. The lowest BCUT2D eigenvalue weighted by atomic mass is 10.1. The fourth-order valence-electron chi connectivity index (χ4n) is 3.11. The molecule has 0 aliphatic heterocycles. The van der Waals surface area contributed by atoms with Crippen molar-refractivity contribution >= 4 is 22.5 Å². The Bertz CT molecular complexity index is 1050. The Balaban J connectivity index is 1.94. The fourth-order valence-corrected chi connectivity index (χ4v) is 3.11. The molecule has 0 aliphatic carbocycles. The van der Waals surface area contributed by atoms with Crippen LogP contribution in [-0.4, -0.2) is 29.8 Å². The van der Waals surface area contributed by atoms with Gasteiger partial charge in [-0.2, -0.15) is 0 Å². The molecule has 0 saturated heterocycles. The number of amides is 1. The second-order valence-corrected chi connectivity index (χ2v) is 7.10. The smallest absolute Gasteiger partial charge is 0.295 e. The van der Waals surface area contributed by atoms with Crippen molar-refractivity contribution in [3.63, 3.8) is 0 Å². The summed E-state index contributed by atoms with van der Waals surface area (Å²) in [7, 11) is 3.02. The lowest BCUT2D eigenvalue weighted by Crippen LogP contribution is -2.00. The Kier molecular flexibility index (Phi) is 6.16. The zero-order chi connectivity index (χ0) is 21.0. The van der Waals surface area contributed by atoms with Gasteiger partial charge in [-0.15, -0.1) is 10.2 Å². The van der Waals surface area contributed by atoms with Crippen molar-refractivity contribution in [1.29, 1.82) is 0 Å². The van der Waals surface area contributed by atoms with Crippen LogP contribution in [0.1, 0.15) is 30.6 Å². The van der Waals surface area contributed by atoms with Crippen molar-refractivity contribution < 1.29 is 19.4 Å². The third-order valence-electron chi connectivity index (χ3n) is 4.72. The third-order valence-corrected chi connectivity index (χ3v) is 4.72. The van der Waals surface area contributed by atoms with Gasteiger partial charge in [-0.25, -0.2) is 0 Å².